The van der Waals surface area contributed by atoms with E-state index in [0.29, 0.717) is 11.5 Å². The molecule has 5 nitrogen and oxygen atoms in total. The van der Waals surface area contributed by atoms with Crippen LogP contribution in [-0.2, 0) is 0 Å². The van der Waals surface area contributed by atoms with Gasteiger partial charge in [0.1, 0.15) is 17.2 Å². The molecule has 0 atom stereocenters. The van der Waals surface area contributed by atoms with E-state index in [9.17, 15) is 10.2 Å². The van der Waals surface area contributed by atoms with Gasteiger partial charge in [-0.05, 0) is 30.4 Å². The van der Waals surface area contributed by atoms with E-state index in [1.54, 1.807) is 12.1 Å². The first-order chi connectivity index (χ1) is 7.91. The first-order valence-corrected chi connectivity index (χ1v) is 5.08. The van der Waals surface area contributed by atoms with E-state index in [4.69, 9.17) is 16.2 Å². The third-order valence-corrected chi connectivity index (χ3v) is 2.48. The molecule has 0 fully saturated rings. The van der Waals surface area contributed by atoms with Crippen LogP contribution in [0.5, 0.6) is 5.75 Å². The molecule has 1 aromatic carbocycles. The Hall–Kier alpha value is -1.66. The molecule has 1 aromatic rings. The Morgan fingerprint density at radius 2 is 1.71 bits per heavy atom. The molecule has 0 amide bonds. The zero-order valence-corrected chi connectivity index (χ0v) is 9.08. The fraction of sp³-hybridized carbons (Fsp3) is 0.167. The second-order valence-corrected chi connectivity index (χ2v) is 3.95. The van der Waals surface area contributed by atoms with Crippen molar-refractivity contribution in [3.05, 3.63) is 54.3 Å². The van der Waals surface area contributed by atoms with Crippen LogP contribution in [0.1, 0.15) is 0 Å². The van der Waals surface area contributed by atoms with Crippen LogP contribution in [0.25, 0.3) is 0 Å². The maximum atomic E-state index is 9.50. The Morgan fingerprint density at radius 1 is 1.06 bits per heavy atom. The summed E-state index contributed by atoms with van der Waals surface area (Å²) in [5.41, 5.74) is 9.35. The smallest absolute Gasteiger partial charge is 0.219 e. The lowest BCUT2D eigenvalue weighted by Gasteiger charge is -2.35. The van der Waals surface area contributed by atoms with Crippen molar-refractivity contribution in [2.24, 2.45) is 11.5 Å². The highest BCUT2D eigenvalue weighted by molar-refractivity contribution is 5.34. The fourth-order valence-electron chi connectivity index (χ4n) is 1.42. The first-order valence-electron chi connectivity index (χ1n) is 5.08. The Labute approximate surface area is 98.6 Å². The molecule has 1 aliphatic rings. The van der Waals surface area contributed by atoms with Crippen LogP contribution in [0.4, 0.5) is 0 Å². The van der Waals surface area contributed by atoms with Crippen LogP contribution in [0, 0.1) is 0 Å². The molecule has 0 spiro atoms. The second kappa shape index (κ2) is 3.97. The van der Waals surface area contributed by atoms with Gasteiger partial charge in [0.05, 0.1) is 0 Å². The van der Waals surface area contributed by atoms with E-state index >= 15 is 0 Å². The van der Waals surface area contributed by atoms with Crippen LogP contribution < -0.4 is 16.2 Å². The molecule has 0 bridgehead atoms. The predicted molar refractivity (Wildman–Crippen MR) is 62.6 cm³/mol. The number of para-hydroxylation sites is 1. The number of ether oxygens (including phenoxy) is 1. The van der Waals surface area contributed by atoms with Crippen molar-refractivity contribution < 1.29 is 14.9 Å². The minimum atomic E-state index is -2.28. The van der Waals surface area contributed by atoms with Gasteiger partial charge in [-0.2, -0.15) is 0 Å². The highest BCUT2D eigenvalue weighted by Crippen LogP contribution is 2.24. The number of aliphatic hydroxyl groups is 2. The van der Waals surface area contributed by atoms with Gasteiger partial charge in [-0.3, -0.25) is 0 Å². The van der Waals surface area contributed by atoms with E-state index in [2.05, 4.69) is 0 Å². The van der Waals surface area contributed by atoms with Crippen molar-refractivity contribution in [3.8, 4) is 5.75 Å². The molecule has 0 saturated heterocycles. The van der Waals surface area contributed by atoms with E-state index in [1.165, 1.54) is 12.2 Å². The standard InChI is InChI=1S/C12H14N2O3/c13-11(14)8-10(6-7-12(11,15)16)17-9-4-2-1-3-5-9/h1-8,15-16H,13-14H2. The lowest BCUT2D eigenvalue weighted by Crippen LogP contribution is -2.66. The SMILES string of the molecule is NC1(N)C=C(Oc2ccccc2)C=CC1(O)O. The summed E-state index contributed by atoms with van der Waals surface area (Å²) in [6, 6.07) is 9.04. The molecule has 5 heteroatoms. The molecule has 0 radical (unpaired) electrons. The third-order valence-electron chi connectivity index (χ3n) is 2.48. The van der Waals surface area contributed by atoms with Crippen LogP contribution in [0.2, 0.25) is 0 Å². The van der Waals surface area contributed by atoms with E-state index in [0.717, 1.165) is 6.08 Å². The number of allylic oxidation sites excluding steroid dienone is 1. The normalized spacial score (nSPS) is 20.8. The topological polar surface area (TPSA) is 102 Å². The zero-order valence-electron chi connectivity index (χ0n) is 9.08. The maximum Gasteiger partial charge on any atom is 0.219 e. The summed E-state index contributed by atoms with van der Waals surface area (Å²) in [5, 5.41) is 19.0. The summed E-state index contributed by atoms with van der Waals surface area (Å²) in [6.07, 6.45) is 3.76. The van der Waals surface area contributed by atoms with E-state index in [-0.39, 0.29) is 0 Å². The van der Waals surface area contributed by atoms with Gasteiger partial charge in [0, 0.05) is 0 Å². The molecule has 17 heavy (non-hydrogen) atoms. The monoisotopic (exact) mass is 234 g/mol. The van der Waals surface area contributed by atoms with Gasteiger partial charge in [0.2, 0.25) is 5.79 Å². The minimum absolute atomic E-state index is 0.361. The Balaban J connectivity index is 2.20. The van der Waals surface area contributed by atoms with Gasteiger partial charge >= 0.3 is 0 Å². The van der Waals surface area contributed by atoms with Gasteiger partial charge in [-0.1, -0.05) is 18.2 Å². The molecule has 0 heterocycles. The Bertz CT molecular complexity index is 464. The zero-order chi connectivity index (χ0) is 12.5. The predicted octanol–water partition coefficient (Wildman–Crippen LogP) is -0.186. The lowest BCUT2D eigenvalue weighted by molar-refractivity contribution is -0.157. The molecule has 1 aliphatic carbocycles. The maximum absolute atomic E-state index is 9.50. The molecule has 6 N–H and O–H groups in total. The fourth-order valence-corrected chi connectivity index (χ4v) is 1.42. The van der Waals surface area contributed by atoms with Crippen molar-refractivity contribution in [2.45, 2.75) is 11.4 Å². The quantitative estimate of drug-likeness (QED) is 0.531. The number of hydrogen-bond donors (Lipinski definition) is 4. The highest BCUT2D eigenvalue weighted by atomic mass is 16.5. The highest BCUT2D eigenvalue weighted by Gasteiger charge is 2.42. The third kappa shape index (κ3) is 2.37. The Kier molecular flexibility index (Phi) is 2.76. The van der Waals surface area contributed by atoms with Crippen LogP contribution in [0.15, 0.2) is 54.3 Å². The molecule has 0 saturated carbocycles. The van der Waals surface area contributed by atoms with Crippen molar-refractivity contribution in [1.29, 1.82) is 0 Å². The summed E-state index contributed by atoms with van der Waals surface area (Å²) in [5.74, 6) is -1.31. The van der Waals surface area contributed by atoms with Crippen molar-refractivity contribution in [1.82, 2.24) is 0 Å². The molecular formula is C12H14N2O3. The summed E-state index contributed by atoms with van der Waals surface area (Å²) in [7, 11) is 0. The van der Waals surface area contributed by atoms with Crippen molar-refractivity contribution in [3.63, 3.8) is 0 Å². The van der Waals surface area contributed by atoms with Gasteiger partial charge in [-0.15, -0.1) is 0 Å². The van der Waals surface area contributed by atoms with Crippen LogP contribution in [0.3, 0.4) is 0 Å². The first kappa shape index (κ1) is 11.8. The molecule has 2 rings (SSSR count). The molecule has 0 aromatic heterocycles. The Morgan fingerprint density at radius 3 is 2.29 bits per heavy atom. The molecular weight excluding hydrogens is 220 g/mol. The number of hydrogen-bond acceptors (Lipinski definition) is 5. The largest absolute Gasteiger partial charge is 0.458 e. The van der Waals surface area contributed by atoms with Crippen LogP contribution >= 0.6 is 0 Å². The molecule has 90 valence electrons. The van der Waals surface area contributed by atoms with Crippen LogP contribution in [-0.4, -0.2) is 21.7 Å². The summed E-state index contributed by atoms with van der Waals surface area (Å²) < 4.78 is 5.48. The minimum Gasteiger partial charge on any atom is -0.458 e. The van der Waals surface area contributed by atoms with Gasteiger partial charge in [0.15, 0.2) is 0 Å². The van der Waals surface area contributed by atoms with E-state index < -0.39 is 11.4 Å². The summed E-state index contributed by atoms with van der Waals surface area (Å²) in [6.45, 7) is 0. The van der Waals surface area contributed by atoms with Gasteiger partial charge in [-0.25, -0.2) is 0 Å². The van der Waals surface area contributed by atoms with Gasteiger partial charge < -0.3 is 26.4 Å². The summed E-state index contributed by atoms with van der Waals surface area (Å²) >= 11 is 0. The number of nitrogens with two attached hydrogens (primary N) is 2. The van der Waals surface area contributed by atoms with E-state index in [1.807, 2.05) is 18.2 Å². The second-order valence-electron chi connectivity index (χ2n) is 3.95. The average Bonchev–Trinajstić information content (AvgIpc) is 2.25. The summed E-state index contributed by atoms with van der Waals surface area (Å²) in [4.78, 5) is 0. The van der Waals surface area contributed by atoms with Crippen molar-refractivity contribution in [2.75, 3.05) is 0 Å². The van der Waals surface area contributed by atoms with Gasteiger partial charge in [0.25, 0.3) is 0 Å². The molecule has 0 aliphatic heterocycles. The molecule has 0 unspecified atom stereocenters. The lowest BCUT2D eigenvalue weighted by atomic mass is 9.95. The van der Waals surface area contributed by atoms with Crippen molar-refractivity contribution >= 4 is 0 Å². The average molecular weight is 234 g/mol. The number of rotatable bonds is 2. The number of benzene rings is 1.